The van der Waals surface area contributed by atoms with E-state index in [4.69, 9.17) is 11.8 Å². The quantitative estimate of drug-likeness (QED) is 0.683. The van der Waals surface area contributed by atoms with E-state index < -0.39 is 16.2 Å². The second kappa shape index (κ2) is 7.22. The normalized spacial score (nSPS) is 12.0. The summed E-state index contributed by atoms with van der Waals surface area (Å²) in [7, 11) is -3.74. The lowest BCUT2D eigenvalue weighted by Crippen LogP contribution is -2.31. The van der Waals surface area contributed by atoms with E-state index in [0.717, 1.165) is 16.2 Å². The number of benzene rings is 3. The first-order chi connectivity index (χ1) is 11.9. The van der Waals surface area contributed by atoms with Crippen LogP contribution in [0.15, 0.2) is 89.8 Å². The van der Waals surface area contributed by atoms with Gasteiger partial charge in [0.05, 0.1) is 11.1 Å². The van der Waals surface area contributed by atoms with Crippen LogP contribution in [0.1, 0.15) is 5.56 Å². The van der Waals surface area contributed by atoms with Gasteiger partial charge in [0.25, 0.3) is 0 Å². The zero-order valence-corrected chi connectivity index (χ0v) is 16.2. The summed E-state index contributed by atoms with van der Waals surface area (Å²) >= 11 is 5.93. The SMILES string of the molecule is Cc1ccc(S(=O)(=O)NP(=S)(c2ccccc2)c2ccccc2)cc1. The van der Waals surface area contributed by atoms with E-state index in [0.29, 0.717) is 0 Å². The van der Waals surface area contributed by atoms with E-state index in [9.17, 15) is 8.42 Å². The maximum absolute atomic E-state index is 13.0. The summed E-state index contributed by atoms with van der Waals surface area (Å²) in [6.45, 7) is 1.92. The summed E-state index contributed by atoms with van der Waals surface area (Å²) in [5.41, 5.74) is 1.00. The molecular formula is C19H18NO2PS2. The van der Waals surface area contributed by atoms with Crippen LogP contribution < -0.4 is 15.1 Å². The van der Waals surface area contributed by atoms with Crippen molar-refractivity contribution >= 4 is 38.6 Å². The summed E-state index contributed by atoms with van der Waals surface area (Å²) in [6.07, 6.45) is -2.73. The zero-order chi connectivity index (χ0) is 17.9. The summed E-state index contributed by atoms with van der Waals surface area (Å²) in [5, 5.41) is 1.62. The molecule has 0 radical (unpaired) electrons. The van der Waals surface area contributed by atoms with Crippen LogP contribution in [0.25, 0.3) is 0 Å². The highest BCUT2D eigenvalue weighted by Crippen LogP contribution is 2.41. The molecule has 0 aromatic heterocycles. The molecule has 0 unspecified atom stereocenters. The molecule has 128 valence electrons. The van der Waals surface area contributed by atoms with E-state index in [1.807, 2.05) is 67.6 Å². The standard InChI is InChI=1S/C19H18NO2PS2/c1-16-12-14-19(15-13-16)25(21,22)20-23(24,17-8-4-2-5-9-17)18-10-6-3-7-11-18/h2-15H,1H3,(H,20,24). The minimum absolute atomic E-state index is 0.221. The molecule has 0 fully saturated rings. The van der Waals surface area contributed by atoms with Gasteiger partial charge in [-0.3, -0.25) is 0 Å². The minimum Gasteiger partial charge on any atom is -0.207 e. The van der Waals surface area contributed by atoms with Gasteiger partial charge in [0.2, 0.25) is 10.0 Å². The third-order valence-electron chi connectivity index (χ3n) is 3.82. The second-order valence-electron chi connectivity index (χ2n) is 5.69. The van der Waals surface area contributed by atoms with Crippen molar-refractivity contribution in [2.75, 3.05) is 0 Å². The van der Waals surface area contributed by atoms with Crippen LogP contribution in [0, 0.1) is 6.92 Å². The van der Waals surface area contributed by atoms with Crippen LogP contribution >= 0.6 is 6.19 Å². The number of aryl methyl sites for hydroxylation is 1. The molecule has 0 atom stereocenters. The molecular weight excluding hydrogens is 369 g/mol. The number of rotatable bonds is 5. The second-order valence-corrected chi connectivity index (χ2v) is 11.8. The maximum Gasteiger partial charge on any atom is 0.245 e. The summed E-state index contributed by atoms with van der Waals surface area (Å²) in [4.78, 5) is 0.221. The van der Waals surface area contributed by atoms with Gasteiger partial charge in [0.15, 0.2) is 0 Å². The third-order valence-corrected chi connectivity index (χ3v) is 10.7. The highest BCUT2D eigenvalue weighted by Gasteiger charge is 2.28. The number of nitrogens with one attached hydrogen (secondary N) is 1. The predicted octanol–water partition coefficient (Wildman–Crippen LogP) is 3.32. The van der Waals surface area contributed by atoms with Crippen molar-refractivity contribution in [2.45, 2.75) is 11.8 Å². The molecule has 3 nitrogen and oxygen atoms in total. The van der Waals surface area contributed by atoms with Crippen molar-refractivity contribution in [3.05, 3.63) is 90.5 Å². The molecule has 0 spiro atoms. The Morgan fingerprint density at radius 2 is 1.20 bits per heavy atom. The van der Waals surface area contributed by atoms with Gasteiger partial charge in [0, 0.05) is 10.6 Å². The van der Waals surface area contributed by atoms with Gasteiger partial charge >= 0.3 is 0 Å². The van der Waals surface area contributed by atoms with Crippen molar-refractivity contribution in [2.24, 2.45) is 0 Å². The smallest absolute Gasteiger partial charge is 0.207 e. The van der Waals surface area contributed by atoms with Gasteiger partial charge in [-0.1, -0.05) is 90.2 Å². The van der Waals surface area contributed by atoms with Crippen molar-refractivity contribution < 1.29 is 8.42 Å². The van der Waals surface area contributed by atoms with Crippen molar-refractivity contribution in [1.29, 1.82) is 0 Å². The largest absolute Gasteiger partial charge is 0.245 e. The molecule has 0 saturated carbocycles. The number of hydrogen-bond donors (Lipinski definition) is 1. The Balaban J connectivity index is 2.11. The lowest BCUT2D eigenvalue weighted by Gasteiger charge is -2.24. The Kier molecular flexibility index (Phi) is 5.21. The average molecular weight is 387 g/mol. The predicted molar refractivity (Wildman–Crippen MR) is 108 cm³/mol. The van der Waals surface area contributed by atoms with Gasteiger partial charge in [-0.05, 0) is 19.1 Å². The topological polar surface area (TPSA) is 46.2 Å². The molecule has 0 saturated heterocycles. The van der Waals surface area contributed by atoms with Crippen molar-refractivity contribution in [1.82, 2.24) is 4.49 Å². The number of hydrogen-bond acceptors (Lipinski definition) is 3. The average Bonchev–Trinajstić information content (AvgIpc) is 2.63. The first kappa shape index (κ1) is 18.0. The van der Waals surface area contributed by atoms with Crippen LogP contribution in [0.4, 0.5) is 0 Å². The molecule has 25 heavy (non-hydrogen) atoms. The van der Waals surface area contributed by atoms with Gasteiger partial charge in [-0.2, -0.15) is 4.49 Å². The fourth-order valence-electron chi connectivity index (χ4n) is 2.47. The summed E-state index contributed by atoms with van der Waals surface area (Å²) < 4.78 is 28.7. The molecule has 0 aliphatic rings. The molecule has 0 aliphatic carbocycles. The van der Waals surface area contributed by atoms with Gasteiger partial charge in [0.1, 0.15) is 0 Å². The maximum atomic E-state index is 13.0. The summed E-state index contributed by atoms with van der Waals surface area (Å²) in [6, 6.07) is 25.6. The molecule has 3 aromatic rings. The Labute approximate surface area is 153 Å². The lowest BCUT2D eigenvalue weighted by molar-refractivity contribution is 0.594. The van der Waals surface area contributed by atoms with Crippen LogP contribution in [-0.4, -0.2) is 8.42 Å². The Morgan fingerprint density at radius 3 is 1.64 bits per heavy atom. The highest BCUT2D eigenvalue weighted by atomic mass is 32.4. The van der Waals surface area contributed by atoms with Crippen molar-refractivity contribution in [3.8, 4) is 0 Å². The molecule has 1 N–H and O–H groups in total. The Morgan fingerprint density at radius 1 is 0.760 bits per heavy atom. The van der Waals surface area contributed by atoms with Crippen LogP contribution in [0.3, 0.4) is 0 Å². The van der Waals surface area contributed by atoms with Gasteiger partial charge in [-0.25, -0.2) is 8.42 Å². The number of sulfonamides is 1. The Bertz CT molecular complexity index is 959. The molecule has 0 amide bonds. The molecule has 0 aliphatic heterocycles. The van der Waals surface area contributed by atoms with Crippen LogP contribution in [0.5, 0.6) is 0 Å². The molecule has 6 heteroatoms. The highest BCUT2D eigenvalue weighted by molar-refractivity contribution is 8.24. The zero-order valence-electron chi connectivity index (χ0n) is 13.7. The Hall–Kier alpha value is -1.78. The van der Waals surface area contributed by atoms with Gasteiger partial charge < -0.3 is 0 Å². The van der Waals surface area contributed by atoms with Crippen molar-refractivity contribution in [3.63, 3.8) is 0 Å². The molecule has 3 rings (SSSR count). The van der Waals surface area contributed by atoms with E-state index in [-0.39, 0.29) is 4.90 Å². The summed E-state index contributed by atoms with van der Waals surface area (Å²) in [5.74, 6) is 0. The van der Waals surface area contributed by atoms with E-state index >= 15 is 0 Å². The van der Waals surface area contributed by atoms with E-state index in [1.165, 1.54) is 0 Å². The monoisotopic (exact) mass is 387 g/mol. The third kappa shape index (κ3) is 3.91. The first-order valence-corrected chi connectivity index (χ1v) is 12.0. The first-order valence-electron chi connectivity index (χ1n) is 7.74. The fraction of sp³-hybridized carbons (Fsp3) is 0.0526. The van der Waals surface area contributed by atoms with Gasteiger partial charge in [-0.15, -0.1) is 0 Å². The fourth-order valence-corrected chi connectivity index (χ4v) is 8.68. The van der Waals surface area contributed by atoms with E-state index in [1.54, 1.807) is 24.3 Å². The van der Waals surface area contributed by atoms with Crippen LogP contribution in [-0.2, 0) is 21.8 Å². The van der Waals surface area contributed by atoms with Crippen LogP contribution in [0.2, 0.25) is 0 Å². The minimum atomic E-state index is -3.74. The molecule has 0 heterocycles. The molecule has 3 aromatic carbocycles. The van der Waals surface area contributed by atoms with E-state index in [2.05, 4.69) is 4.49 Å². The molecule has 0 bridgehead atoms. The lowest BCUT2D eigenvalue weighted by atomic mass is 10.2.